The van der Waals surface area contributed by atoms with Gasteiger partial charge in [0.15, 0.2) is 0 Å². The number of benzene rings is 1. The first-order chi connectivity index (χ1) is 7.08. The molecule has 0 fully saturated rings. The summed E-state index contributed by atoms with van der Waals surface area (Å²) >= 11 is 0. The number of H-pyrrole nitrogens is 1. The fraction of sp³-hybridized carbons (Fsp3) is 0. The van der Waals surface area contributed by atoms with Gasteiger partial charge in [0.1, 0.15) is 5.75 Å². The van der Waals surface area contributed by atoms with Crippen molar-refractivity contribution in [3.63, 3.8) is 0 Å². The third kappa shape index (κ3) is 1.54. The molecule has 0 atom stereocenters. The van der Waals surface area contributed by atoms with Gasteiger partial charge in [0, 0.05) is 17.5 Å². The maximum atomic E-state index is 11.1. The van der Waals surface area contributed by atoms with Gasteiger partial charge in [-0.15, -0.1) is 0 Å². The van der Waals surface area contributed by atoms with Crippen molar-refractivity contribution < 1.29 is 15.0 Å². The van der Waals surface area contributed by atoms with E-state index in [1.807, 2.05) is 0 Å². The average Bonchev–Trinajstić information content (AvgIpc) is 2.15. The van der Waals surface area contributed by atoms with Gasteiger partial charge in [-0.1, -0.05) is 0 Å². The van der Waals surface area contributed by atoms with Crippen LogP contribution in [-0.4, -0.2) is 21.2 Å². The molecule has 0 saturated carbocycles. The number of hydrogen-bond donors (Lipinski definition) is 3. The molecule has 15 heavy (non-hydrogen) atoms. The van der Waals surface area contributed by atoms with E-state index in [0.29, 0.717) is 10.9 Å². The molecule has 5 heteroatoms. The average molecular weight is 205 g/mol. The minimum absolute atomic E-state index is 0.0271. The zero-order valence-electron chi connectivity index (χ0n) is 7.52. The molecule has 1 aromatic heterocycles. The number of phenolic OH excluding ortho intramolecular Hbond substituents is 1. The first-order valence-corrected chi connectivity index (χ1v) is 4.17. The van der Waals surface area contributed by atoms with Crippen molar-refractivity contribution in [2.24, 2.45) is 0 Å². The molecule has 2 rings (SSSR count). The highest BCUT2D eigenvalue weighted by Gasteiger charge is 2.10. The molecular weight excluding hydrogens is 198 g/mol. The number of carboxylic acids is 1. The Hall–Kier alpha value is -2.30. The molecule has 0 aliphatic carbocycles. The van der Waals surface area contributed by atoms with Crippen molar-refractivity contribution in [1.82, 2.24) is 4.98 Å². The highest BCUT2D eigenvalue weighted by atomic mass is 16.4. The first kappa shape index (κ1) is 9.26. The van der Waals surface area contributed by atoms with Crippen LogP contribution in [0, 0.1) is 0 Å². The number of carbonyl (C=O) groups is 1. The normalized spacial score (nSPS) is 10.4. The van der Waals surface area contributed by atoms with E-state index in [0.717, 1.165) is 6.07 Å². The van der Waals surface area contributed by atoms with E-state index in [1.165, 1.54) is 18.2 Å². The predicted octanol–water partition coefficient (Wildman–Crippen LogP) is 0.932. The van der Waals surface area contributed by atoms with Gasteiger partial charge in [0.2, 0.25) is 5.56 Å². The van der Waals surface area contributed by atoms with Gasteiger partial charge < -0.3 is 15.2 Å². The van der Waals surface area contributed by atoms with Gasteiger partial charge in [-0.25, -0.2) is 4.79 Å². The monoisotopic (exact) mass is 205 g/mol. The van der Waals surface area contributed by atoms with Crippen LogP contribution in [0.1, 0.15) is 10.4 Å². The number of pyridine rings is 1. The minimum atomic E-state index is -1.17. The van der Waals surface area contributed by atoms with Crippen LogP contribution in [0.3, 0.4) is 0 Å². The molecule has 0 amide bonds. The molecule has 5 nitrogen and oxygen atoms in total. The summed E-state index contributed by atoms with van der Waals surface area (Å²) in [6, 6.07) is 5.14. The van der Waals surface area contributed by atoms with Crippen LogP contribution < -0.4 is 5.56 Å². The fourth-order valence-electron chi connectivity index (χ4n) is 1.43. The Morgan fingerprint density at radius 2 is 2.00 bits per heavy atom. The number of carboxylic acid groups (broad SMARTS) is 1. The minimum Gasteiger partial charge on any atom is -0.508 e. The second kappa shape index (κ2) is 3.13. The van der Waals surface area contributed by atoms with Crippen molar-refractivity contribution in [3.8, 4) is 5.75 Å². The fourth-order valence-corrected chi connectivity index (χ4v) is 1.43. The quantitative estimate of drug-likeness (QED) is 0.646. The van der Waals surface area contributed by atoms with E-state index >= 15 is 0 Å². The Labute approximate surface area is 83.6 Å². The van der Waals surface area contributed by atoms with Crippen LogP contribution in [0.2, 0.25) is 0 Å². The van der Waals surface area contributed by atoms with Gasteiger partial charge >= 0.3 is 5.97 Å². The van der Waals surface area contributed by atoms with E-state index in [1.54, 1.807) is 0 Å². The van der Waals surface area contributed by atoms with E-state index in [9.17, 15) is 14.7 Å². The Balaban J connectivity index is 2.92. The smallest absolute Gasteiger partial charge is 0.336 e. The van der Waals surface area contributed by atoms with E-state index < -0.39 is 11.5 Å². The Morgan fingerprint density at radius 3 is 2.67 bits per heavy atom. The number of hydrogen-bond acceptors (Lipinski definition) is 3. The topological polar surface area (TPSA) is 90.4 Å². The molecule has 0 radical (unpaired) electrons. The lowest BCUT2D eigenvalue weighted by atomic mass is 10.1. The van der Waals surface area contributed by atoms with Crippen LogP contribution in [0.15, 0.2) is 29.1 Å². The summed E-state index contributed by atoms with van der Waals surface area (Å²) in [4.78, 5) is 24.4. The van der Waals surface area contributed by atoms with Crippen LogP contribution >= 0.6 is 0 Å². The number of phenols is 1. The van der Waals surface area contributed by atoms with Crippen LogP contribution in [0.25, 0.3) is 10.9 Å². The molecule has 0 bridgehead atoms. The summed E-state index contributed by atoms with van der Waals surface area (Å²) in [5.41, 5.74) is -0.279. The predicted molar refractivity (Wildman–Crippen MR) is 53.2 cm³/mol. The van der Waals surface area contributed by atoms with Crippen molar-refractivity contribution >= 4 is 16.9 Å². The summed E-state index contributed by atoms with van der Waals surface area (Å²) in [6.07, 6.45) is 0. The van der Waals surface area contributed by atoms with E-state index in [2.05, 4.69) is 4.98 Å². The van der Waals surface area contributed by atoms with Crippen molar-refractivity contribution in [2.75, 3.05) is 0 Å². The van der Waals surface area contributed by atoms with Crippen molar-refractivity contribution in [2.45, 2.75) is 0 Å². The number of nitrogens with one attached hydrogen (secondary N) is 1. The van der Waals surface area contributed by atoms with Crippen molar-refractivity contribution in [1.29, 1.82) is 0 Å². The maximum absolute atomic E-state index is 11.1. The third-order valence-electron chi connectivity index (χ3n) is 2.06. The highest BCUT2D eigenvalue weighted by molar-refractivity contribution is 6.02. The number of fused-ring (bicyclic) bond motifs is 1. The summed E-state index contributed by atoms with van der Waals surface area (Å²) in [6.45, 7) is 0. The van der Waals surface area contributed by atoms with Gasteiger partial charge in [0.25, 0.3) is 0 Å². The van der Waals surface area contributed by atoms with Crippen molar-refractivity contribution in [3.05, 3.63) is 40.2 Å². The van der Waals surface area contributed by atoms with Gasteiger partial charge in [-0.2, -0.15) is 0 Å². The SMILES string of the molecule is O=C(O)c1cc(=O)[nH]c2cc(O)ccc12. The standard InChI is InChI=1S/C10H7NO4/c12-5-1-2-6-7(10(14)15)4-9(13)11-8(6)3-5/h1-4,12H,(H,11,13)(H,14,15). The molecule has 0 spiro atoms. The molecule has 0 saturated heterocycles. The molecule has 76 valence electrons. The van der Waals surface area contributed by atoms with E-state index in [4.69, 9.17) is 5.11 Å². The molecule has 0 aliphatic rings. The van der Waals surface area contributed by atoms with Gasteiger partial charge in [-0.05, 0) is 12.1 Å². The number of rotatable bonds is 1. The maximum Gasteiger partial charge on any atom is 0.336 e. The summed E-state index contributed by atoms with van der Waals surface area (Å²) in [7, 11) is 0. The number of aromatic carboxylic acids is 1. The second-order valence-corrected chi connectivity index (χ2v) is 3.08. The number of aromatic nitrogens is 1. The molecule has 3 N–H and O–H groups in total. The van der Waals surface area contributed by atoms with E-state index in [-0.39, 0.29) is 11.3 Å². The Kier molecular flexibility index (Phi) is 1.93. The lowest BCUT2D eigenvalue weighted by molar-refractivity contribution is 0.0699. The molecule has 0 aliphatic heterocycles. The van der Waals surface area contributed by atoms with Gasteiger partial charge in [0.05, 0.1) is 11.1 Å². The second-order valence-electron chi connectivity index (χ2n) is 3.08. The summed E-state index contributed by atoms with van der Waals surface area (Å²) in [5.74, 6) is -1.20. The lowest BCUT2D eigenvalue weighted by Gasteiger charge is -2.01. The van der Waals surface area contributed by atoms with Gasteiger partial charge in [-0.3, -0.25) is 4.79 Å². The van der Waals surface area contributed by atoms with Crippen LogP contribution in [-0.2, 0) is 0 Å². The Morgan fingerprint density at radius 1 is 1.27 bits per heavy atom. The molecule has 1 heterocycles. The summed E-state index contributed by atoms with van der Waals surface area (Å²) < 4.78 is 0. The number of aromatic amines is 1. The zero-order valence-corrected chi connectivity index (χ0v) is 7.52. The Bertz CT molecular complexity index is 600. The molecular formula is C10H7NO4. The van der Waals surface area contributed by atoms with Crippen LogP contribution in [0.4, 0.5) is 0 Å². The number of aromatic hydroxyl groups is 1. The van der Waals surface area contributed by atoms with Crippen LogP contribution in [0.5, 0.6) is 5.75 Å². The summed E-state index contributed by atoms with van der Waals surface area (Å²) in [5, 5.41) is 18.4. The highest BCUT2D eigenvalue weighted by Crippen LogP contribution is 2.19. The molecule has 2 aromatic rings. The molecule has 0 unspecified atom stereocenters. The lowest BCUT2D eigenvalue weighted by Crippen LogP contribution is -2.09. The first-order valence-electron chi connectivity index (χ1n) is 4.17. The molecule has 1 aromatic carbocycles. The largest absolute Gasteiger partial charge is 0.508 e. The zero-order chi connectivity index (χ0) is 11.0. The third-order valence-corrected chi connectivity index (χ3v) is 2.06.